The Morgan fingerprint density at radius 3 is 2.59 bits per heavy atom. The zero-order chi connectivity index (χ0) is 20.6. The van der Waals surface area contributed by atoms with Gasteiger partial charge < -0.3 is 10.2 Å². The highest BCUT2D eigenvalue weighted by Crippen LogP contribution is 2.40. The van der Waals surface area contributed by atoms with Gasteiger partial charge in [-0.25, -0.2) is 0 Å². The highest BCUT2D eigenvalue weighted by atomic mass is 19.4. The van der Waals surface area contributed by atoms with E-state index in [4.69, 9.17) is 0 Å². The van der Waals surface area contributed by atoms with E-state index in [2.05, 4.69) is 22.4 Å². The molecule has 1 N–H and O–H groups in total. The molecule has 0 spiro atoms. The van der Waals surface area contributed by atoms with Crippen molar-refractivity contribution in [2.45, 2.75) is 56.8 Å². The van der Waals surface area contributed by atoms with Crippen molar-refractivity contribution in [2.24, 2.45) is 0 Å². The highest BCUT2D eigenvalue weighted by Gasteiger charge is 2.34. The normalized spacial score (nSPS) is 22.0. The molecule has 2 fully saturated rings. The molecule has 1 aromatic carbocycles. The molecule has 4 nitrogen and oxygen atoms in total. The molecule has 2 aromatic rings. The molecular weight excluding hydrogens is 379 g/mol. The number of nitrogens with zero attached hydrogens (tertiary/aromatic N) is 2. The van der Waals surface area contributed by atoms with Gasteiger partial charge in [0.1, 0.15) is 0 Å². The number of carbonyl (C=O) groups is 1. The summed E-state index contributed by atoms with van der Waals surface area (Å²) in [6, 6.07) is 9.24. The van der Waals surface area contributed by atoms with Gasteiger partial charge in [0.05, 0.1) is 23.9 Å². The Bertz CT molecular complexity index is 878. The lowest BCUT2D eigenvalue weighted by Gasteiger charge is -2.24. The van der Waals surface area contributed by atoms with E-state index in [9.17, 15) is 18.0 Å². The van der Waals surface area contributed by atoms with E-state index in [0.717, 1.165) is 17.8 Å². The Kier molecular flexibility index (Phi) is 5.23. The van der Waals surface area contributed by atoms with Crippen molar-refractivity contribution in [1.29, 1.82) is 0 Å². The standard InChI is InChI=1S/C22H24F3N3O/c1-14-8-19(13-28(14)20-10-18(11-26-12-20)22(23,24)25)27-21(29)9-15-2-4-16(5-3-15)17-6-7-17/h2-5,10-12,14,17,19H,6-9,13H2,1H3,(H,27,29)/t14-,19+/m0/s1. The van der Waals surface area contributed by atoms with Crippen molar-refractivity contribution in [1.82, 2.24) is 10.3 Å². The van der Waals surface area contributed by atoms with E-state index < -0.39 is 11.7 Å². The van der Waals surface area contributed by atoms with Crippen molar-refractivity contribution in [2.75, 3.05) is 11.4 Å². The van der Waals surface area contributed by atoms with Gasteiger partial charge >= 0.3 is 6.18 Å². The van der Waals surface area contributed by atoms with Crippen LogP contribution in [0.4, 0.5) is 18.9 Å². The lowest BCUT2D eigenvalue weighted by atomic mass is 10.1. The molecule has 29 heavy (non-hydrogen) atoms. The van der Waals surface area contributed by atoms with Gasteiger partial charge in [-0.15, -0.1) is 0 Å². The third-order valence-electron chi connectivity index (χ3n) is 5.72. The van der Waals surface area contributed by atoms with Gasteiger partial charge in [-0.05, 0) is 49.3 Å². The first-order valence-electron chi connectivity index (χ1n) is 9.96. The highest BCUT2D eigenvalue weighted by molar-refractivity contribution is 5.79. The summed E-state index contributed by atoms with van der Waals surface area (Å²) in [5.74, 6) is 0.625. The Morgan fingerprint density at radius 1 is 1.21 bits per heavy atom. The van der Waals surface area contributed by atoms with Gasteiger partial charge in [0.2, 0.25) is 5.91 Å². The van der Waals surface area contributed by atoms with Crippen molar-refractivity contribution in [3.05, 3.63) is 59.4 Å². The Labute approximate surface area is 168 Å². The molecule has 2 aliphatic rings. The number of anilines is 1. The zero-order valence-electron chi connectivity index (χ0n) is 16.2. The lowest BCUT2D eigenvalue weighted by molar-refractivity contribution is -0.137. The minimum atomic E-state index is -4.42. The summed E-state index contributed by atoms with van der Waals surface area (Å²) in [6.07, 6.45) is 1.34. The van der Waals surface area contributed by atoms with Crippen molar-refractivity contribution in [3.8, 4) is 0 Å². The van der Waals surface area contributed by atoms with Crippen LogP contribution < -0.4 is 10.2 Å². The molecule has 0 bridgehead atoms. The number of hydrogen-bond acceptors (Lipinski definition) is 3. The second-order valence-electron chi connectivity index (χ2n) is 8.12. The maximum atomic E-state index is 13.0. The van der Waals surface area contributed by atoms with Gasteiger partial charge in [-0.1, -0.05) is 24.3 Å². The van der Waals surface area contributed by atoms with E-state index in [0.29, 0.717) is 31.0 Å². The van der Waals surface area contributed by atoms with Crippen molar-refractivity contribution in [3.63, 3.8) is 0 Å². The zero-order valence-corrected chi connectivity index (χ0v) is 16.2. The predicted molar refractivity (Wildman–Crippen MR) is 105 cm³/mol. The fraction of sp³-hybridized carbons (Fsp3) is 0.455. The molecule has 1 saturated carbocycles. The summed E-state index contributed by atoms with van der Waals surface area (Å²) in [7, 11) is 0. The number of amides is 1. The van der Waals surface area contributed by atoms with E-state index in [1.807, 2.05) is 24.0 Å². The number of halogens is 3. The minimum absolute atomic E-state index is 0.0170. The number of rotatable bonds is 5. The van der Waals surface area contributed by atoms with Crippen LogP contribution in [0.25, 0.3) is 0 Å². The molecule has 7 heteroatoms. The number of nitrogens with one attached hydrogen (secondary N) is 1. The topological polar surface area (TPSA) is 45.2 Å². The number of pyridine rings is 1. The lowest BCUT2D eigenvalue weighted by Crippen LogP contribution is -2.38. The summed E-state index contributed by atoms with van der Waals surface area (Å²) in [5.41, 5.74) is 1.98. The summed E-state index contributed by atoms with van der Waals surface area (Å²) in [4.78, 5) is 18.1. The fourth-order valence-corrected chi connectivity index (χ4v) is 4.02. The molecule has 2 heterocycles. The van der Waals surface area contributed by atoms with Gasteiger partial charge in [0, 0.05) is 24.8 Å². The van der Waals surface area contributed by atoms with Crippen LogP contribution in [0, 0.1) is 0 Å². The predicted octanol–water partition coefficient (Wildman–Crippen LogP) is 4.30. The maximum absolute atomic E-state index is 13.0. The Morgan fingerprint density at radius 2 is 1.93 bits per heavy atom. The molecule has 2 atom stereocenters. The van der Waals surface area contributed by atoms with Crippen LogP contribution in [0.2, 0.25) is 0 Å². The third kappa shape index (κ3) is 4.71. The average molecular weight is 403 g/mol. The van der Waals surface area contributed by atoms with E-state index in [1.165, 1.54) is 24.6 Å². The van der Waals surface area contributed by atoms with Gasteiger partial charge in [-0.2, -0.15) is 13.2 Å². The molecule has 0 unspecified atom stereocenters. The second kappa shape index (κ2) is 7.69. The number of hydrogen-bond donors (Lipinski definition) is 1. The van der Waals surface area contributed by atoms with Crippen molar-refractivity contribution < 1.29 is 18.0 Å². The fourth-order valence-electron chi connectivity index (χ4n) is 4.02. The number of carbonyl (C=O) groups excluding carboxylic acids is 1. The quantitative estimate of drug-likeness (QED) is 0.810. The van der Waals surface area contributed by atoms with Crippen LogP contribution in [0.1, 0.15) is 48.8 Å². The number of aromatic nitrogens is 1. The first kappa shape index (κ1) is 19.7. The van der Waals surface area contributed by atoms with Crippen molar-refractivity contribution >= 4 is 11.6 Å². The summed E-state index contributed by atoms with van der Waals surface area (Å²) >= 11 is 0. The van der Waals surface area contributed by atoms with E-state index in [-0.39, 0.29) is 18.0 Å². The van der Waals surface area contributed by atoms with Gasteiger partial charge in [0.15, 0.2) is 0 Å². The SMILES string of the molecule is C[C@H]1C[C@@H](NC(=O)Cc2ccc(C3CC3)cc2)CN1c1cncc(C(F)(F)F)c1. The smallest absolute Gasteiger partial charge is 0.365 e. The summed E-state index contributed by atoms with van der Waals surface area (Å²) in [6.45, 7) is 2.42. The molecule has 1 amide bonds. The van der Waals surface area contributed by atoms with Crippen LogP contribution in [0.15, 0.2) is 42.7 Å². The molecule has 0 radical (unpaired) electrons. The maximum Gasteiger partial charge on any atom is 0.417 e. The average Bonchev–Trinajstić information content (AvgIpc) is 3.45. The largest absolute Gasteiger partial charge is 0.417 e. The first-order chi connectivity index (χ1) is 13.8. The summed E-state index contributed by atoms with van der Waals surface area (Å²) < 4.78 is 38.9. The molecule has 154 valence electrons. The van der Waals surface area contributed by atoms with Crippen LogP contribution in [-0.4, -0.2) is 29.5 Å². The monoisotopic (exact) mass is 403 g/mol. The van der Waals surface area contributed by atoms with Crippen LogP contribution in [-0.2, 0) is 17.4 Å². The molecule has 1 aromatic heterocycles. The molecule has 1 saturated heterocycles. The second-order valence-corrected chi connectivity index (χ2v) is 8.12. The molecule has 1 aliphatic heterocycles. The number of alkyl halides is 3. The minimum Gasteiger partial charge on any atom is -0.365 e. The Balaban J connectivity index is 1.35. The van der Waals surface area contributed by atoms with E-state index >= 15 is 0 Å². The third-order valence-corrected chi connectivity index (χ3v) is 5.72. The van der Waals surface area contributed by atoms with Gasteiger partial charge in [0.25, 0.3) is 0 Å². The molecule has 4 rings (SSSR count). The van der Waals surface area contributed by atoms with E-state index in [1.54, 1.807) is 0 Å². The van der Waals surface area contributed by atoms with Gasteiger partial charge in [-0.3, -0.25) is 9.78 Å². The van der Waals surface area contributed by atoms with Crippen LogP contribution >= 0.6 is 0 Å². The molecular formula is C22H24F3N3O. The van der Waals surface area contributed by atoms with Crippen LogP contribution in [0.3, 0.4) is 0 Å². The molecule has 1 aliphatic carbocycles. The first-order valence-corrected chi connectivity index (χ1v) is 9.96. The van der Waals surface area contributed by atoms with Crippen LogP contribution in [0.5, 0.6) is 0 Å². The summed E-state index contributed by atoms with van der Waals surface area (Å²) in [5, 5.41) is 3.03. The Hall–Kier alpha value is -2.57. The number of benzene rings is 1.